The van der Waals surface area contributed by atoms with E-state index in [0.29, 0.717) is 6.04 Å². The van der Waals surface area contributed by atoms with E-state index in [1.54, 1.807) is 0 Å². The summed E-state index contributed by atoms with van der Waals surface area (Å²) in [5.41, 5.74) is 5.72. The lowest BCUT2D eigenvalue weighted by Crippen LogP contribution is -2.27. The monoisotopic (exact) mass is 259 g/mol. The van der Waals surface area contributed by atoms with Crippen LogP contribution in [0.3, 0.4) is 0 Å². The van der Waals surface area contributed by atoms with Crippen LogP contribution in [-0.4, -0.2) is 6.54 Å². The molecule has 0 aromatic heterocycles. The van der Waals surface area contributed by atoms with Gasteiger partial charge in [-0.25, -0.2) is 0 Å². The Balaban J connectivity index is 2.02. The van der Waals surface area contributed by atoms with E-state index in [-0.39, 0.29) is 0 Å². The van der Waals surface area contributed by atoms with E-state index in [1.165, 1.54) is 48.1 Å². The molecule has 1 nitrogen and oxygen atoms in total. The third kappa shape index (κ3) is 3.39. The molecule has 1 aromatic carbocycles. The van der Waals surface area contributed by atoms with Crippen molar-refractivity contribution >= 4 is 0 Å². The molecular weight excluding hydrogens is 230 g/mol. The normalized spacial score (nSPS) is 24.7. The minimum Gasteiger partial charge on any atom is -0.310 e. The summed E-state index contributed by atoms with van der Waals surface area (Å²) < 4.78 is 0. The minimum atomic E-state index is 0.466. The highest BCUT2D eigenvalue weighted by atomic mass is 14.9. The van der Waals surface area contributed by atoms with Crippen molar-refractivity contribution in [2.75, 3.05) is 6.54 Å². The van der Waals surface area contributed by atoms with Crippen molar-refractivity contribution in [1.82, 2.24) is 5.32 Å². The summed E-state index contributed by atoms with van der Waals surface area (Å²) in [5.74, 6) is 1.79. The van der Waals surface area contributed by atoms with Crippen LogP contribution in [-0.2, 0) is 0 Å². The second kappa shape index (κ2) is 6.09. The van der Waals surface area contributed by atoms with Gasteiger partial charge in [-0.1, -0.05) is 37.5 Å². The second-order valence-corrected chi connectivity index (χ2v) is 6.61. The molecule has 0 saturated heterocycles. The van der Waals surface area contributed by atoms with Gasteiger partial charge in [0.05, 0.1) is 0 Å². The van der Waals surface area contributed by atoms with E-state index in [0.717, 1.165) is 11.8 Å². The molecule has 3 atom stereocenters. The Morgan fingerprint density at radius 3 is 2.32 bits per heavy atom. The first kappa shape index (κ1) is 14.6. The van der Waals surface area contributed by atoms with Crippen molar-refractivity contribution in [3.05, 3.63) is 34.4 Å². The molecule has 1 saturated carbocycles. The summed E-state index contributed by atoms with van der Waals surface area (Å²) in [6.07, 6.45) is 4.25. The molecule has 3 unspecified atom stereocenters. The van der Waals surface area contributed by atoms with Gasteiger partial charge in [-0.3, -0.25) is 0 Å². The van der Waals surface area contributed by atoms with E-state index >= 15 is 0 Å². The van der Waals surface area contributed by atoms with E-state index in [9.17, 15) is 0 Å². The molecule has 0 spiro atoms. The molecule has 0 bridgehead atoms. The van der Waals surface area contributed by atoms with E-state index in [1.807, 2.05) is 0 Å². The van der Waals surface area contributed by atoms with E-state index < -0.39 is 0 Å². The number of nitrogens with one attached hydrogen (secondary N) is 1. The van der Waals surface area contributed by atoms with Gasteiger partial charge in [0.1, 0.15) is 0 Å². The quantitative estimate of drug-likeness (QED) is 0.826. The zero-order valence-corrected chi connectivity index (χ0v) is 13.2. The average molecular weight is 259 g/mol. The fourth-order valence-electron chi connectivity index (χ4n) is 3.83. The molecule has 1 heteroatoms. The standard InChI is InChI=1S/C18H29N/c1-12-9-14(3)18(15(4)10-12)16(5)19-11-17-8-6-7-13(17)2/h9-10,13,16-17,19H,6-8,11H2,1-5H3. The van der Waals surface area contributed by atoms with Gasteiger partial charge in [0, 0.05) is 6.04 Å². The molecule has 2 rings (SSSR count). The maximum Gasteiger partial charge on any atom is 0.0297 e. The fraction of sp³-hybridized carbons (Fsp3) is 0.667. The van der Waals surface area contributed by atoms with Crippen LogP contribution in [0.25, 0.3) is 0 Å². The maximum absolute atomic E-state index is 3.77. The molecule has 1 N–H and O–H groups in total. The minimum absolute atomic E-state index is 0.466. The lowest BCUT2D eigenvalue weighted by Gasteiger charge is -2.23. The van der Waals surface area contributed by atoms with Gasteiger partial charge in [0.15, 0.2) is 0 Å². The first-order valence-corrected chi connectivity index (χ1v) is 7.80. The van der Waals surface area contributed by atoms with Gasteiger partial charge < -0.3 is 5.32 Å². The van der Waals surface area contributed by atoms with Gasteiger partial charge in [-0.15, -0.1) is 0 Å². The molecule has 0 heterocycles. The van der Waals surface area contributed by atoms with Crippen molar-refractivity contribution in [2.45, 2.75) is 59.9 Å². The Kier molecular flexibility index (Phi) is 4.67. The fourth-order valence-corrected chi connectivity index (χ4v) is 3.83. The molecule has 0 amide bonds. The lowest BCUT2D eigenvalue weighted by molar-refractivity contribution is 0.374. The Bertz CT molecular complexity index is 412. The van der Waals surface area contributed by atoms with Crippen molar-refractivity contribution in [3.63, 3.8) is 0 Å². The van der Waals surface area contributed by atoms with E-state index in [2.05, 4.69) is 52.1 Å². The molecule has 106 valence electrons. The van der Waals surface area contributed by atoms with Crippen molar-refractivity contribution in [3.8, 4) is 0 Å². The first-order chi connectivity index (χ1) is 8.99. The summed E-state index contributed by atoms with van der Waals surface area (Å²) >= 11 is 0. The number of hydrogen-bond acceptors (Lipinski definition) is 1. The lowest BCUT2D eigenvalue weighted by atomic mass is 9.93. The molecule has 1 fully saturated rings. The summed E-state index contributed by atoms with van der Waals surface area (Å²) in [5, 5.41) is 3.77. The predicted molar refractivity (Wildman–Crippen MR) is 83.6 cm³/mol. The Morgan fingerprint density at radius 2 is 1.79 bits per heavy atom. The molecular formula is C18H29N. The Hall–Kier alpha value is -0.820. The summed E-state index contributed by atoms with van der Waals surface area (Å²) in [6.45, 7) is 12.6. The van der Waals surface area contributed by atoms with Gasteiger partial charge >= 0.3 is 0 Å². The van der Waals surface area contributed by atoms with Crippen LogP contribution < -0.4 is 5.32 Å². The summed E-state index contributed by atoms with van der Waals surface area (Å²) in [6, 6.07) is 5.07. The van der Waals surface area contributed by atoms with Crippen LogP contribution >= 0.6 is 0 Å². The first-order valence-electron chi connectivity index (χ1n) is 7.80. The van der Waals surface area contributed by atoms with Crippen molar-refractivity contribution < 1.29 is 0 Å². The van der Waals surface area contributed by atoms with E-state index in [4.69, 9.17) is 0 Å². The van der Waals surface area contributed by atoms with Crippen molar-refractivity contribution in [2.24, 2.45) is 11.8 Å². The highest BCUT2D eigenvalue weighted by Gasteiger charge is 2.23. The molecule has 1 aromatic rings. The van der Waals surface area contributed by atoms with Gasteiger partial charge in [0.2, 0.25) is 0 Å². The largest absolute Gasteiger partial charge is 0.310 e. The number of benzene rings is 1. The SMILES string of the molecule is Cc1cc(C)c(C(C)NCC2CCCC2C)c(C)c1. The number of rotatable bonds is 4. The van der Waals surface area contributed by atoms with Crippen LogP contribution in [0.15, 0.2) is 12.1 Å². The highest BCUT2D eigenvalue weighted by Crippen LogP contribution is 2.31. The average Bonchev–Trinajstić information content (AvgIpc) is 2.70. The molecule has 19 heavy (non-hydrogen) atoms. The van der Waals surface area contributed by atoms with Crippen molar-refractivity contribution in [1.29, 1.82) is 0 Å². The third-order valence-electron chi connectivity index (χ3n) is 4.90. The zero-order valence-electron chi connectivity index (χ0n) is 13.2. The van der Waals surface area contributed by atoms with Gasteiger partial charge in [0.25, 0.3) is 0 Å². The molecule has 1 aliphatic rings. The predicted octanol–water partition coefficient (Wildman–Crippen LogP) is 4.70. The Morgan fingerprint density at radius 1 is 1.16 bits per heavy atom. The van der Waals surface area contributed by atoms with Gasteiger partial charge in [-0.05, 0) is 69.2 Å². The third-order valence-corrected chi connectivity index (χ3v) is 4.90. The maximum atomic E-state index is 3.77. The number of aryl methyl sites for hydroxylation is 3. The van der Waals surface area contributed by atoms with Gasteiger partial charge in [-0.2, -0.15) is 0 Å². The van der Waals surface area contributed by atoms with Crippen LogP contribution in [0.1, 0.15) is 61.4 Å². The Labute approximate surface area is 118 Å². The molecule has 0 aliphatic heterocycles. The zero-order chi connectivity index (χ0) is 14.0. The smallest absolute Gasteiger partial charge is 0.0297 e. The second-order valence-electron chi connectivity index (χ2n) is 6.61. The molecule has 1 aliphatic carbocycles. The summed E-state index contributed by atoms with van der Waals surface area (Å²) in [4.78, 5) is 0. The topological polar surface area (TPSA) is 12.0 Å². The van der Waals surface area contributed by atoms with Crippen LogP contribution in [0, 0.1) is 32.6 Å². The van der Waals surface area contributed by atoms with Crippen LogP contribution in [0.2, 0.25) is 0 Å². The molecule has 0 radical (unpaired) electrons. The van der Waals surface area contributed by atoms with Crippen LogP contribution in [0.5, 0.6) is 0 Å². The summed E-state index contributed by atoms with van der Waals surface area (Å²) in [7, 11) is 0. The number of hydrogen-bond donors (Lipinski definition) is 1. The highest BCUT2D eigenvalue weighted by molar-refractivity contribution is 5.39. The van der Waals surface area contributed by atoms with Crippen LogP contribution in [0.4, 0.5) is 0 Å².